The Balaban J connectivity index is 2.04. The SMILES string of the molecule is Nc1cc(=O)[nH]c2nc(Cc3ccccc3)nn12. The number of fused-ring (bicyclic) bond motifs is 1. The zero-order valence-corrected chi connectivity index (χ0v) is 9.50. The Morgan fingerprint density at radius 3 is 2.83 bits per heavy atom. The van der Waals surface area contributed by atoms with Crippen molar-refractivity contribution in [2.45, 2.75) is 6.42 Å². The van der Waals surface area contributed by atoms with Crippen LogP contribution in [0.5, 0.6) is 0 Å². The maximum atomic E-state index is 11.3. The van der Waals surface area contributed by atoms with Crippen molar-refractivity contribution in [1.29, 1.82) is 0 Å². The summed E-state index contributed by atoms with van der Waals surface area (Å²) in [6, 6.07) is 11.2. The van der Waals surface area contributed by atoms with Crippen molar-refractivity contribution >= 4 is 11.6 Å². The molecule has 6 nitrogen and oxygen atoms in total. The second-order valence-corrected chi connectivity index (χ2v) is 3.98. The topological polar surface area (TPSA) is 89.1 Å². The molecule has 1 aromatic carbocycles. The van der Waals surface area contributed by atoms with E-state index in [9.17, 15) is 4.79 Å². The van der Waals surface area contributed by atoms with Crippen molar-refractivity contribution in [3.63, 3.8) is 0 Å². The van der Waals surface area contributed by atoms with Gasteiger partial charge in [-0.15, -0.1) is 5.10 Å². The fourth-order valence-corrected chi connectivity index (χ4v) is 1.81. The van der Waals surface area contributed by atoms with E-state index in [1.165, 1.54) is 10.6 Å². The van der Waals surface area contributed by atoms with E-state index in [-0.39, 0.29) is 11.4 Å². The molecule has 0 bridgehead atoms. The highest BCUT2D eigenvalue weighted by Crippen LogP contribution is 2.07. The highest BCUT2D eigenvalue weighted by atomic mass is 16.1. The van der Waals surface area contributed by atoms with Gasteiger partial charge in [-0.05, 0) is 5.56 Å². The van der Waals surface area contributed by atoms with Crippen LogP contribution in [0.25, 0.3) is 5.78 Å². The van der Waals surface area contributed by atoms with Gasteiger partial charge >= 0.3 is 0 Å². The first-order valence-corrected chi connectivity index (χ1v) is 5.51. The van der Waals surface area contributed by atoms with Gasteiger partial charge in [-0.25, -0.2) is 0 Å². The van der Waals surface area contributed by atoms with E-state index in [2.05, 4.69) is 15.1 Å². The second-order valence-electron chi connectivity index (χ2n) is 3.98. The molecular formula is C12H11N5O. The predicted molar refractivity (Wildman–Crippen MR) is 67.3 cm³/mol. The van der Waals surface area contributed by atoms with Gasteiger partial charge in [0.25, 0.3) is 5.56 Å². The van der Waals surface area contributed by atoms with Gasteiger partial charge in [-0.1, -0.05) is 30.3 Å². The first-order chi connectivity index (χ1) is 8.72. The van der Waals surface area contributed by atoms with Gasteiger partial charge in [-0.2, -0.15) is 9.50 Å². The summed E-state index contributed by atoms with van der Waals surface area (Å²) in [6.07, 6.45) is 0.601. The van der Waals surface area contributed by atoms with E-state index in [1.54, 1.807) is 0 Å². The van der Waals surface area contributed by atoms with Gasteiger partial charge in [0.15, 0.2) is 5.82 Å². The van der Waals surface area contributed by atoms with Gasteiger partial charge in [-0.3, -0.25) is 9.78 Å². The Kier molecular flexibility index (Phi) is 2.33. The zero-order valence-electron chi connectivity index (χ0n) is 9.50. The number of nitrogens with one attached hydrogen (secondary N) is 1. The molecule has 3 N–H and O–H groups in total. The summed E-state index contributed by atoms with van der Waals surface area (Å²) in [5.74, 6) is 1.27. The minimum absolute atomic E-state index is 0.278. The monoisotopic (exact) mass is 241 g/mol. The number of H-pyrrole nitrogens is 1. The third-order valence-corrected chi connectivity index (χ3v) is 2.61. The summed E-state index contributed by atoms with van der Waals surface area (Å²) >= 11 is 0. The van der Waals surface area contributed by atoms with E-state index in [0.717, 1.165) is 5.56 Å². The number of nitrogens with zero attached hydrogens (tertiary/aromatic N) is 3. The fraction of sp³-hybridized carbons (Fsp3) is 0.0833. The molecule has 0 amide bonds. The first-order valence-electron chi connectivity index (χ1n) is 5.51. The van der Waals surface area contributed by atoms with Crippen LogP contribution in [0.1, 0.15) is 11.4 Å². The number of benzene rings is 1. The first kappa shape index (κ1) is 10.5. The van der Waals surface area contributed by atoms with Gasteiger partial charge in [0.1, 0.15) is 5.82 Å². The molecule has 2 heterocycles. The number of hydrogen-bond donors (Lipinski definition) is 2. The van der Waals surface area contributed by atoms with Crippen molar-refractivity contribution in [3.8, 4) is 0 Å². The van der Waals surface area contributed by atoms with Gasteiger partial charge in [0.05, 0.1) is 0 Å². The Morgan fingerprint density at radius 1 is 1.28 bits per heavy atom. The number of rotatable bonds is 2. The molecule has 6 heteroatoms. The molecule has 0 spiro atoms. The molecule has 2 aromatic heterocycles. The van der Waals surface area contributed by atoms with Crippen LogP contribution in [0.3, 0.4) is 0 Å². The summed E-state index contributed by atoms with van der Waals surface area (Å²) in [5, 5.41) is 4.26. The lowest BCUT2D eigenvalue weighted by molar-refractivity contribution is 0.897. The Morgan fingerprint density at radius 2 is 2.06 bits per heavy atom. The van der Waals surface area contributed by atoms with E-state index in [0.29, 0.717) is 18.0 Å². The third-order valence-electron chi connectivity index (χ3n) is 2.61. The quantitative estimate of drug-likeness (QED) is 0.687. The summed E-state index contributed by atoms with van der Waals surface area (Å²) in [6.45, 7) is 0. The largest absolute Gasteiger partial charge is 0.383 e. The molecule has 0 fully saturated rings. The summed E-state index contributed by atoms with van der Waals surface area (Å²) < 4.78 is 1.43. The molecule has 0 saturated carbocycles. The fourth-order valence-electron chi connectivity index (χ4n) is 1.81. The van der Waals surface area contributed by atoms with Crippen LogP contribution >= 0.6 is 0 Å². The molecule has 0 aliphatic carbocycles. The summed E-state index contributed by atoms with van der Waals surface area (Å²) in [7, 11) is 0. The molecule has 3 rings (SSSR count). The lowest BCUT2D eigenvalue weighted by Gasteiger charge is -1.95. The van der Waals surface area contributed by atoms with Gasteiger partial charge < -0.3 is 5.73 Å². The van der Waals surface area contributed by atoms with Crippen molar-refractivity contribution in [1.82, 2.24) is 19.6 Å². The molecular weight excluding hydrogens is 230 g/mol. The van der Waals surface area contributed by atoms with Crippen LogP contribution < -0.4 is 11.3 Å². The maximum absolute atomic E-state index is 11.3. The van der Waals surface area contributed by atoms with E-state index in [1.807, 2.05) is 30.3 Å². The lowest BCUT2D eigenvalue weighted by atomic mass is 10.1. The minimum Gasteiger partial charge on any atom is -0.383 e. The number of nitrogen functional groups attached to an aromatic ring is 1. The molecule has 18 heavy (non-hydrogen) atoms. The van der Waals surface area contributed by atoms with E-state index < -0.39 is 0 Å². The van der Waals surface area contributed by atoms with Crippen LogP contribution in [0.15, 0.2) is 41.2 Å². The molecule has 90 valence electrons. The number of anilines is 1. The zero-order chi connectivity index (χ0) is 12.5. The van der Waals surface area contributed by atoms with Crippen LogP contribution in [0, 0.1) is 0 Å². The molecule has 0 saturated heterocycles. The summed E-state index contributed by atoms with van der Waals surface area (Å²) in [4.78, 5) is 18.1. The average molecular weight is 241 g/mol. The third kappa shape index (κ3) is 1.84. The van der Waals surface area contributed by atoms with Crippen molar-refractivity contribution in [2.75, 3.05) is 5.73 Å². The Labute approximate surface area is 102 Å². The standard InChI is InChI=1S/C12H11N5O/c13-9-7-11(18)15-12-14-10(16-17(9)12)6-8-4-2-1-3-5-8/h1-5,7H,6,13H2,(H,14,15,16,18). The molecule has 0 aliphatic heterocycles. The van der Waals surface area contributed by atoms with Gasteiger partial charge in [0.2, 0.25) is 5.78 Å². The van der Waals surface area contributed by atoms with Crippen LogP contribution in [0.4, 0.5) is 5.82 Å². The van der Waals surface area contributed by atoms with Crippen LogP contribution in [-0.4, -0.2) is 19.6 Å². The Bertz CT molecular complexity index is 744. The number of nitrogens with two attached hydrogens (primary N) is 1. The molecule has 0 unspecified atom stereocenters. The van der Waals surface area contributed by atoms with Crippen molar-refractivity contribution in [2.24, 2.45) is 0 Å². The predicted octanol–water partition coefficient (Wildman–Crippen LogP) is 0.591. The van der Waals surface area contributed by atoms with Crippen molar-refractivity contribution in [3.05, 3.63) is 58.1 Å². The smallest absolute Gasteiger partial charge is 0.254 e. The van der Waals surface area contributed by atoms with Crippen molar-refractivity contribution < 1.29 is 0 Å². The average Bonchev–Trinajstić information content (AvgIpc) is 2.73. The van der Waals surface area contributed by atoms with Gasteiger partial charge in [0, 0.05) is 12.5 Å². The van der Waals surface area contributed by atoms with Crippen LogP contribution in [-0.2, 0) is 6.42 Å². The highest BCUT2D eigenvalue weighted by molar-refractivity contribution is 5.39. The molecule has 3 aromatic rings. The van der Waals surface area contributed by atoms with E-state index >= 15 is 0 Å². The van der Waals surface area contributed by atoms with Crippen LogP contribution in [0.2, 0.25) is 0 Å². The second kappa shape index (κ2) is 3.99. The van der Waals surface area contributed by atoms with E-state index in [4.69, 9.17) is 5.73 Å². The maximum Gasteiger partial charge on any atom is 0.254 e. The molecule has 0 atom stereocenters. The summed E-state index contributed by atoms with van der Waals surface area (Å²) in [5.41, 5.74) is 6.53. The molecule has 0 aliphatic rings. The number of hydrogen-bond acceptors (Lipinski definition) is 4. The lowest BCUT2D eigenvalue weighted by Crippen LogP contribution is -2.11. The number of aromatic nitrogens is 4. The number of aromatic amines is 1. The highest BCUT2D eigenvalue weighted by Gasteiger charge is 2.07. The molecule has 0 radical (unpaired) electrons. The normalized spacial score (nSPS) is 10.9. The minimum atomic E-state index is -0.279. The Hall–Kier alpha value is -2.63.